The van der Waals surface area contributed by atoms with Gasteiger partial charge in [0, 0.05) is 22.3 Å². The van der Waals surface area contributed by atoms with Crippen LogP contribution in [0.3, 0.4) is 0 Å². The standard InChI is InChI=1S/C11H4Cl5N/c12-5-3-7(13)9(8(14)4-5)6-1-2-17-11(16)10(6)15/h1-4H. The van der Waals surface area contributed by atoms with Crippen LogP contribution in [-0.4, -0.2) is 4.98 Å². The molecule has 0 saturated heterocycles. The maximum atomic E-state index is 6.10. The van der Waals surface area contributed by atoms with Crippen molar-refractivity contribution in [1.29, 1.82) is 0 Å². The molecule has 0 amide bonds. The van der Waals surface area contributed by atoms with Gasteiger partial charge in [-0.2, -0.15) is 0 Å². The van der Waals surface area contributed by atoms with Gasteiger partial charge < -0.3 is 0 Å². The van der Waals surface area contributed by atoms with E-state index in [9.17, 15) is 0 Å². The third-order valence-electron chi connectivity index (χ3n) is 2.12. The Morgan fingerprint density at radius 3 is 2.06 bits per heavy atom. The van der Waals surface area contributed by atoms with Gasteiger partial charge in [0.05, 0.1) is 15.1 Å². The summed E-state index contributed by atoms with van der Waals surface area (Å²) < 4.78 is 0. The Balaban J connectivity index is 2.73. The fraction of sp³-hybridized carbons (Fsp3) is 0. The summed E-state index contributed by atoms with van der Waals surface area (Å²) in [6.45, 7) is 0. The van der Waals surface area contributed by atoms with E-state index in [1.54, 1.807) is 18.2 Å². The van der Waals surface area contributed by atoms with Gasteiger partial charge in [0.15, 0.2) is 0 Å². The van der Waals surface area contributed by atoms with E-state index in [0.717, 1.165) is 0 Å². The Morgan fingerprint density at radius 1 is 0.882 bits per heavy atom. The quantitative estimate of drug-likeness (QED) is 0.584. The first-order valence-electron chi connectivity index (χ1n) is 4.45. The van der Waals surface area contributed by atoms with E-state index in [-0.39, 0.29) is 5.15 Å². The second-order valence-electron chi connectivity index (χ2n) is 3.21. The summed E-state index contributed by atoms with van der Waals surface area (Å²) in [6, 6.07) is 4.87. The van der Waals surface area contributed by atoms with Crippen molar-refractivity contribution in [2.75, 3.05) is 0 Å². The smallest absolute Gasteiger partial charge is 0.148 e. The molecule has 0 radical (unpaired) electrons. The first-order valence-corrected chi connectivity index (χ1v) is 6.34. The van der Waals surface area contributed by atoms with Gasteiger partial charge in [0.2, 0.25) is 0 Å². The van der Waals surface area contributed by atoms with Gasteiger partial charge in [0.1, 0.15) is 5.15 Å². The van der Waals surface area contributed by atoms with Gasteiger partial charge in [-0.25, -0.2) is 4.98 Å². The highest BCUT2D eigenvalue weighted by Gasteiger charge is 2.15. The van der Waals surface area contributed by atoms with Crippen molar-refractivity contribution < 1.29 is 0 Å². The number of benzene rings is 1. The second-order valence-corrected chi connectivity index (χ2v) is 5.19. The molecule has 1 aromatic carbocycles. The molecule has 0 unspecified atom stereocenters. The van der Waals surface area contributed by atoms with E-state index in [1.165, 1.54) is 6.20 Å². The normalized spacial score (nSPS) is 10.6. The topological polar surface area (TPSA) is 12.9 Å². The molecule has 0 aliphatic heterocycles. The zero-order valence-corrected chi connectivity index (χ0v) is 11.9. The molecule has 88 valence electrons. The molecule has 0 saturated carbocycles. The molecule has 0 aliphatic carbocycles. The highest BCUT2D eigenvalue weighted by molar-refractivity contribution is 6.45. The van der Waals surface area contributed by atoms with E-state index >= 15 is 0 Å². The van der Waals surface area contributed by atoms with Crippen LogP contribution in [0.5, 0.6) is 0 Å². The summed E-state index contributed by atoms with van der Waals surface area (Å²) in [7, 11) is 0. The van der Waals surface area contributed by atoms with Gasteiger partial charge in [0.25, 0.3) is 0 Å². The molecule has 0 atom stereocenters. The van der Waals surface area contributed by atoms with Crippen molar-refractivity contribution in [1.82, 2.24) is 4.98 Å². The lowest BCUT2D eigenvalue weighted by Crippen LogP contribution is -1.86. The van der Waals surface area contributed by atoms with Crippen LogP contribution < -0.4 is 0 Å². The van der Waals surface area contributed by atoms with Gasteiger partial charge in [-0.05, 0) is 18.2 Å². The molecule has 17 heavy (non-hydrogen) atoms. The fourth-order valence-electron chi connectivity index (χ4n) is 1.41. The van der Waals surface area contributed by atoms with Crippen LogP contribution in [0, 0.1) is 0 Å². The lowest BCUT2D eigenvalue weighted by molar-refractivity contribution is 1.33. The second kappa shape index (κ2) is 5.21. The van der Waals surface area contributed by atoms with Crippen molar-refractivity contribution in [3.05, 3.63) is 49.6 Å². The summed E-state index contributed by atoms with van der Waals surface area (Å²) in [5.41, 5.74) is 1.21. The van der Waals surface area contributed by atoms with Crippen molar-refractivity contribution in [2.24, 2.45) is 0 Å². The third-order valence-corrected chi connectivity index (χ3v) is 3.70. The Kier molecular flexibility index (Phi) is 4.06. The van der Waals surface area contributed by atoms with E-state index in [4.69, 9.17) is 58.0 Å². The van der Waals surface area contributed by atoms with E-state index in [0.29, 0.717) is 31.2 Å². The Labute approximate surface area is 123 Å². The van der Waals surface area contributed by atoms with Crippen LogP contribution in [0.4, 0.5) is 0 Å². The molecule has 0 bridgehead atoms. The molecular weight excluding hydrogens is 323 g/mol. The molecular formula is C11H4Cl5N. The van der Waals surface area contributed by atoms with Crippen molar-refractivity contribution >= 4 is 58.0 Å². The molecule has 1 aromatic heterocycles. The summed E-state index contributed by atoms with van der Waals surface area (Å²) >= 11 is 30.0. The van der Waals surface area contributed by atoms with E-state index in [1.807, 2.05) is 0 Å². The SMILES string of the molecule is Clc1cc(Cl)c(-c2ccnc(Cl)c2Cl)c(Cl)c1. The van der Waals surface area contributed by atoms with Crippen LogP contribution in [0.1, 0.15) is 0 Å². The molecule has 6 heteroatoms. The number of hydrogen-bond donors (Lipinski definition) is 0. The van der Waals surface area contributed by atoms with Crippen LogP contribution in [-0.2, 0) is 0 Å². The largest absolute Gasteiger partial charge is 0.243 e. The predicted octanol–water partition coefficient (Wildman–Crippen LogP) is 6.02. The monoisotopic (exact) mass is 325 g/mol. The third kappa shape index (κ3) is 2.64. The number of aromatic nitrogens is 1. The maximum absolute atomic E-state index is 6.10. The molecule has 0 fully saturated rings. The average Bonchev–Trinajstić information content (AvgIpc) is 2.23. The van der Waals surface area contributed by atoms with Crippen molar-refractivity contribution in [3.8, 4) is 11.1 Å². The lowest BCUT2D eigenvalue weighted by atomic mass is 10.1. The molecule has 1 heterocycles. The van der Waals surface area contributed by atoms with E-state index in [2.05, 4.69) is 4.98 Å². The minimum Gasteiger partial charge on any atom is -0.243 e. The van der Waals surface area contributed by atoms with Gasteiger partial charge in [-0.15, -0.1) is 0 Å². The summed E-state index contributed by atoms with van der Waals surface area (Å²) in [5, 5.41) is 1.78. The van der Waals surface area contributed by atoms with Crippen molar-refractivity contribution in [2.45, 2.75) is 0 Å². The number of halogens is 5. The van der Waals surface area contributed by atoms with Gasteiger partial charge in [-0.1, -0.05) is 58.0 Å². The summed E-state index contributed by atoms with van der Waals surface area (Å²) in [6.07, 6.45) is 1.53. The predicted molar refractivity (Wildman–Crippen MR) is 74.7 cm³/mol. The molecule has 1 nitrogen and oxygen atoms in total. The molecule has 0 spiro atoms. The number of nitrogens with zero attached hydrogens (tertiary/aromatic N) is 1. The lowest BCUT2D eigenvalue weighted by Gasteiger charge is -2.10. The number of rotatable bonds is 1. The first-order chi connectivity index (χ1) is 8.00. The fourth-order valence-corrected chi connectivity index (χ4v) is 2.80. The Bertz CT molecular complexity index is 559. The maximum Gasteiger partial charge on any atom is 0.148 e. The Hall–Kier alpha value is -0.180. The van der Waals surface area contributed by atoms with Crippen LogP contribution in [0.25, 0.3) is 11.1 Å². The minimum absolute atomic E-state index is 0.200. The van der Waals surface area contributed by atoms with Crippen LogP contribution in [0.15, 0.2) is 24.4 Å². The summed E-state index contributed by atoms with van der Waals surface area (Å²) in [5.74, 6) is 0. The Morgan fingerprint density at radius 2 is 1.47 bits per heavy atom. The van der Waals surface area contributed by atoms with Gasteiger partial charge >= 0.3 is 0 Å². The van der Waals surface area contributed by atoms with E-state index < -0.39 is 0 Å². The van der Waals surface area contributed by atoms with Crippen molar-refractivity contribution in [3.63, 3.8) is 0 Å². The molecule has 2 aromatic rings. The molecule has 0 aliphatic rings. The highest BCUT2D eigenvalue weighted by atomic mass is 35.5. The average molecular weight is 327 g/mol. The first kappa shape index (κ1) is 13.3. The van der Waals surface area contributed by atoms with Gasteiger partial charge in [-0.3, -0.25) is 0 Å². The zero-order chi connectivity index (χ0) is 12.6. The molecule has 0 N–H and O–H groups in total. The molecule has 2 rings (SSSR count). The minimum atomic E-state index is 0.200. The number of pyridine rings is 1. The van der Waals surface area contributed by atoms with Crippen LogP contribution in [0.2, 0.25) is 25.2 Å². The number of hydrogen-bond acceptors (Lipinski definition) is 1. The van der Waals surface area contributed by atoms with Crippen LogP contribution >= 0.6 is 58.0 Å². The zero-order valence-electron chi connectivity index (χ0n) is 8.15. The highest BCUT2D eigenvalue weighted by Crippen LogP contribution is 2.41. The summed E-state index contributed by atoms with van der Waals surface area (Å²) in [4.78, 5) is 3.86.